The van der Waals surface area contributed by atoms with Crippen molar-refractivity contribution in [1.29, 1.82) is 0 Å². The number of alkyl halides is 3. The predicted octanol–water partition coefficient (Wildman–Crippen LogP) is 4.05. The minimum atomic E-state index is -4.68. The van der Waals surface area contributed by atoms with Gasteiger partial charge in [0.2, 0.25) is 0 Å². The van der Waals surface area contributed by atoms with E-state index in [4.69, 9.17) is 5.73 Å². The topological polar surface area (TPSA) is 35.2 Å². The molecule has 0 bridgehead atoms. The van der Waals surface area contributed by atoms with Crippen molar-refractivity contribution in [3.8, 4) is 5.75 Å². The highest BCUT2D eigenvalue weighted by atomic mass is 35.5. The summed E-state index contributed by atoms with van der Waals surface area (Å²) in [6, 6.07) is 5.43. The molecule has 0 fully saturated rings. The fraction of sp³-hybridized carbons (Fsp3) is 0.500. The summed E-state index contributed by atoms with van der Waals surface area (Å²) in [5.41, 5.74) is 6.37. The zero-order valence-corrected chi connectivity index (χ0v) is 11.2. The Bertz CT molecular complexity index is 388. The van der Waals surface area contributed by atoms with Gasteiger partial charge < -0.3 is 10.5 Å². The molecule has 1 rings (SSSR count). The van der Waals surface area contributed by atoms with Crippen LogP contribution in [0.1, 0.15) is 32.4 Å². The fourth-order valence-corrected chi connectivity index (χ4v) is 1.41. The largest absolute Gasteiger partial charge is 0.573 e. The van der Waals surface area contributed by atoms with Crippen molar-refractivity contribution < 1.29 is 17.9 Å². The molecule has 0 amide bonds. The van der Waals surface area contributed by atoms with Gasteiger partial charge >= 0.3 is 6.36 Å². The van der Waals surface area contributed by atoms with E-state index in [1.165, 1.54) is 18.2 Å². The van der Waals surface area contributed by atoms with Gasteiger partial charge in [0.15, 0.2) is 0 Å². The predicted molar refractivity (Wildman–Crippen MR) is 66.8 cm³/mol. The van der Waals surface area contributed by atoms with Crippen molar-refractivity contribution in [1.82, 2.24) is 0 Å². The van der Waals surface area contributed by atoms with Gasteiger partial charge in [0.05, 0.1) is 0 Å². The van der Waals surface area contributed by atoms with Gasteiger partial charge in [-0.3, -0.25) is 0 Å². The molecule has 0 saturated carbocycles. The SMILES string of the molecule is CC(C)(C)[C@H](N)c1cccc(OC(F)(F)F)c1.Cl. The van der Waals surface area contributed by atoms with Crippen LogP contribution in [0.3, 0.4) is 0 Å². The van der Waals surface area contributed by atoms with Gasteiger partial charge in [-0.05, 0) is 23.1 Å². The average Bonchev–Trinajstić information content (AvgIpc) is 2.12. The van der Waals surface area contributed by atoms with Crippen LogP contribution in [0.25, 0.3) is 0 Å². The molecule has 0 aliphatic carbocycles. The number of ether oxygens (including phenoxy) is 1. The number of hydrogen-bond acceptors (Lipinski definition) is 2. The molecular formula is C12H17ClF3NO. The van der Waals surface area contributed by atoms with Gasteiger partial charge in [-0.2, -0.15) is 0 Å². The summed E-state index contributed by atoms with van der Waals surface area (Å²) in [4.78, 5) is 0. The van der Waals surface area contributed by atoms with Gasteiger partial charge in [-0.1, -0.05) is 32.9 Å². The van der Waals surface area contributed by atoms with Crippen molar-refractivity contribution >= 4 is 12.4 Å². The first-order valence-electron chi connectivity index (χ1n) is 5.21. The Hall–Kier alpha value is -0.940. The van der Waals surface area contributed by atoms with Crippen LogP contribution in [0.2, 0.25) is 0 Å². The quantitative estimate of drug-likeness (QED) is 0.888. The number of nitrogens with two attached hydrogens (primary N) is 1. The van der Waals surface area contributed by atoms with Crippen LogP contribution < -0.4 is 10.5 Å². The number of benzene rings is 1. The van der Waals surface area contributed by atoms with Crippen LogP contribution in [-0.2, 0) is 0 Å². The first-order chi connectivity index (χ1) is 7.59. The van der Waals surface area contributed by atoms with E-state index in [-0.39, 0.29) is 29.6 Å². The summed E-state index contributed by atoms with van der Waals surface area (Å²) in [5, 5.41) is 0. The van der Waals surface area contributed by atoms with Gasteiger partial charge in [-0.15, -0.1) is 25.6 Å². The number of rotatable bonds is 2. The van der Waals surface area contributed by atoms with Crippen molar-refractivity contribution in [2.75, 3.05) is 0 Å². The summed E-state index contributed by atoms with van der Waals surface area (Å²) >= 11 is 0. The third-order valence-electron chi connectivity index (χ3n) is 2.38. The van der Waals surface area contributed by atoms with Crippen LogP contribution in [-0.4, -0.2) is 6.36 Å². The maximum atomic E-state index is 12.1. The molecule has 18 heavy (non-hydrogen) atoms. The molecule has 0 aliphatic rings. The number of hydrogen-bond donors (Lipinski definition) is 1. The van der Waals surface area contributed by atoms with E-state index in [1.54, 1.807) is 6.07 Å². The smallest absolute Gasteiger partial charge is 0.406 e. The fourth-order valence-electron chi connectivity index (χ4n) is 1.41. The average molecular weight is 284 g/mol. The van der Waals surface area contributed by atoms with Crippen LogP contribution in [0.5, 0.6) is 5.75 Å². The lowest BCUT2D eigenvalue weighted by Crippen LogP contribution is -2.26. The monoisotopic (exact) mass is 283 g/mol. The summed E-state index contributed by atoms with van der Waals surface area (Å²) in [6.07, 6.45) is -4.68. The van der Waals surface area contributed by atoms with Crippen molar-refractivity contribution in [2.45, 2.75) is 33.2 Å². The third kappa shape index (κ3) is 5.14. The molecule has 0 radical (unpaired) electrons. The van der Waals surface area contributed by atoms with E-state index in [2.05, 4.69) is 4.74 Å². The highest BCUT2D eigenvalue weighted by molar-refractivity contribution is 5.85. The molecule has 0 spiro atoms. The summed E-state index contributed by atoms with van der Waals surface area (Å²) in [6.45, 7) is 5.78. The van der Waals surface area contributed by atoms with Crippen LogP contribution in [0.4, 0.5) is 13.2 Å². The van der Waals surface area contributed by atoms with E-state index in [0.717, 1.165) is 0 Å². The lowest BCUT2D eigenvalue weighted by molar-refractivity contribution is -0.274. The molecule has 0 heterocycles. The van der Waals surface area contributed by atoms with Crippen LogP contribution in [0.15, 0.2) is 24.3 Å². The molecule has 1 aromatic carbocycles. The van der Waals surface area contributed by atoms with Gasteiger partial charge in [0, 0.05) is 6.04 Å². The molecule has 0 saturated heterocycles. The molecule has 0 aliphatic heterocycles. The second-order valence-electron chi connectivity index (χ2n) is 4.96. The first kappa shape index (κ1) is 17.1. The summed E-state index contributed by atoms with van der Waals surface area (Å²) < 4.78 is 40.0. The van der Waals surface area contributed by atoms with Gasteiger partial charge in [0.25, 0.3) is 0 Å². The Kier molecular flexibility index (Phi) is 5.50. The lowest BCUT2D eigenvalue weighted by atomic mass is 9.83. The maximum Gasteiger partial charge on any atom is 0.573 e. The zero-order valence-electron chi connectivity index (χ0n) is 10.4. The second kappa shape index (κ2) is 5.80. The van der Waals surface area contributed by atoms with Crippen molar-refractivity contribution in [3.63, 3.8) is 0 Å². The number of halogens is 4. The molecule has 0 aromatic heterocycles. The van der Waals surface area contributed by atoms with E-state index >= 15 is 0 Å². The Morgan fingerprint density at radius 2 is 1.72 bits per heavy atom. The summed E-state index contributed by atoms with van der Waals surface area (Å²) in [5.74, 6) is -0.241. The lowest BCUT2D eigenvalue weighted by Gasteiger charge is -2.27. The highest BCUT2D eigenvalue weighted by Crippen LogP contribution is 2.32. The zero-order chi connectivity index (χ0) is 13.3. The standard InChI is InChI=1S/C12H16F3NO.ClH/c1-11(2,3)10(16)8-5-4-6-9(7-8)17-12(13,14)15;/h4-7,10H,16H2,1-3H3;1H/t10-;/m1./s1. The van der Waals surface area contributed by atoms with Crippen molar-refractivity contribution in [2.24, 2.45) is 11.1 Å². The van der Waals surface area contributed by atoms with E-state index in [0.29, 0.717) is 5.56 Å². The molecular weight excluding hydrogens is 267 g/mol. The Morgan fingerprint density at radius 1 is 1.17 bits per heavy atom. The Balaban J connectivity index is 0.00000289. The van der Waals surface area contributed by atoms with Crippen LogP contribution >= 0.6 is 12.4 Å². The van der Waals surface area contributed by atoms with E-state index in [9.17, 15) is 13.2 Å². The minimum Gasteiger partial charge on any atom is -0.406 e. The molecule has 2 nitrogen and oxygen atoms in total. The molecule has 2 N–H and O–H groups in total. The first-order valence-corrected chi connectivity index (χ1v) is 5.21. The summed E-state index contributed by atoms with van der Waals surface area (Å²) in [7, 11) is 0. The Morgan fingerprint density at radius 3 is 2.17 bits per heavy atom. The molecule has 104 valence electrons. The molecule has 0 unspecified atom stereocenters. The normalized spacial score (nSPS) is 13.7. The van der Waals surface area contributed by atoms with Crippen LogP contribution in [0, 0.1) is 5.41 Å². The van der Waals surface area contributed by atoms with Gasteiger partial charge in [0.1, 0.15) is 5.75 Å². The van der Waals surface area contributed by atoms with E-state index < -0.39 is 6.36 Å². The minimum absolute atomic E-state index is 0. The maximum absolute atomic E-state index is 12.1. The molecule has 6 heteroatoms. The van der Waals surface area contributed by atoms with Gasteiger partial charge in [-0.25, -0.2) is 0 Å². The molecule has 1 aromatic rings. The molecule has 1 atom stereocenters. The van der Waals surface area contributed by atoms with Crippen molar-refractivity contribution in [3.05, 3.63) is 29.8 Å². The highest BCUT2D eigenvalue weighted by Gasteiger charge is 2.31. The second-order valence-corrected chi connectivity index (χ2v) is 4.96. The Labute approximate surface area is 111 Å². The third-order valence-corrected chi connectivity index (χ3v) is 2.38. The van der Waals surface area contributed by atoms with E-state index in [1.807, 2.05) is 20.8 Å².